The molecule has 4 nitrogen and oxygen atoms in total. The van der Waals surface area contributed by atoms with Gasteiger partial charge in [-0.15, -0.1) is 0 Å². The van der Waals surface area contributed by atoms with Crippen LogP contribution in [0, 0.1) is 13.8 Å². The number of aromatic amines is 1. The lowest BCUT2D eigenvalue weighted by Gasteiger charge is -2.30. The molecule has 2 rings (SSSR count). The van der Waals surface area contributed by atoms with Crippen LogP contribution in [-0.4, -0.2) is 40.8 Å². The predicted molar refractivity (Wildman–Crippen MR) is 70.0 cm³/mol. The maximum absolute atomic E-state index is 5.98. The monoisotopic (exact) mass is 236 g/mol. The second-order valence-corrected chi connectivity index (χ2v) is 5.22. The van der Waals surface area contributed by atoms with Crippen LogP contribution in [0.2, 0.25) is 0 Å². The molecule has 3 N–H and O–H groups in total. The molecule has 0 aromatic carbocycles. The van der Waals surface area contributed by atoms with Gasteiger partial charge in [-0.3, -0.25) is 5.10 Å². The zero-order chi connectivity index (χ0) is 12.3. The van der Waals surface area contributed by atoms with Gasteiger partial charge in [0.05, 0.1) is 5.69 Å². The third-order valence-corrected chi connectivity index (χ3v) is 3.72. The zero-order valence-electron chi connectivity index (χ0n) is 11.0. The lowest BCUT2D eigenvalue weighted by Crippen LogP contribution is -2.43. The fraction of sp³-hybridized carbons (Fsp3) is 0.769. The largest absolute Gasteiger partial charge is 0.327 e. The van der Waals surface area contributed by atoms with Gasteiger partial charge in [0.25, 0.3) is 0 Å². The molecule has 4 heteroatoms. The number of hydrogen-bond acceptors (Lipinski definition) is 3. The summed E-state index contributed by atoms with van der Waals surface area (Å²) in [6, 6.07) is 0.390. The predicted octanol–water partition coefficient (Wildman–Crippen LogP) is 1.38. The Hall–Kier alpha value is -0.870. The van der Waals surface area contributed by atoms with Crippen LogP contribution >= 0.6 is 0 Å². The van der Waals surface area contributed by atoms with Crippen molar-refractivity contribution in [1.29, 1.82) is 0 Å². The average Bonchev–Trinajstić information content (AvgIpc) is 2.61. The van der Waals surface area contributed by atoms with Crippen molar-refractivity contribution < 1.29 is 0 Å². The van der Waals surface area contributed by atoms with Crippen molar-refractivity contribution in [3.05, 3.63) is 17.0 Å². The van der Waals surface area contributed by atoms with Crippen LogP contribution in [0.3, 0.4) is 0 Å². The van der Waals surface area contributed by atoms with E-state index in [9.17, 15) is 0 Å². The van der Waals surface area contributed by atoms with Gasteiger partial charge in [0.2, 0.25) is 0 Å². The van der Waals surface area contributed by atoms with Crippen LogP contribution in [0.4, 0.5) is 0 Å². The third-order valence-electron chi connectivity index (χ3n) is 3.72. The van der Waals surface area contributed by atoms with Gasteiger partial charge in [0.15, 0.2) is 0 Å². The lowest BCUT2D eigenvalue weighted by atomic mass is 10.0. The number of nitrogens with one attached hydrogen (secondary N) is 1. The van der Waals surface area contributed by atoms with E-state index in [1.807, 2.05) is 0 Å². The van der Waals surface area contributed by atoms with Gasteiger partial charge in [0, 0.05) is 18.3 Å². The Labute approximate surface area is 104 Å². The summed E-state index contributed by atoms with van der Waals surface area (Å²) in [6.45, 7) is 7.64. The molecule has 1 atom stereocenters. The van der Waals surface area contributed by atoms with Crippen molar-refractivity contribution in [1.82, 2.24) is 15.1 Å². The van der Waals surface area contributed by atoms with Gasteiger partial charge in [-0.05, 0) is 58.2 Å². The first kappa shape index (κ1) is 12.6. The van der Waals surface area contributed by atoms with Crippen molar-refractivity contribution in [2.75, 3.05) is 19.6 Å². The number of rotatable bonds is 4. The van der Waals surface area contributed by atoms with E-state index in [0.29, 0.717) is 6.04 Å². The Bertz CT molecular complexity index is 339. The maximum Gasteiger partial charge on any atom is 0.0625 e. The van der Waals surface area contributed by atoms with E-state index < -0.39 is 0 Å². The number of likely N-dealkylation sites (tertiary alicyclic amines) is 1. The molecule has 1 aliphatic heterocycles. The highest BCUT2D eigenvalue weighted by Gasteiger charge is 2.16. The molecular formula is C13H24N4. The Balaban J connectivity index is 1.76. The van der Waals surface area contributed by atoms with E-state index in [1.165, 1.54) is 37.1 Å². The van der Waals surface area contributed by atoms with Crippen LogP contribution in [0.25, 0.3) is 0 Å². The number of H-pyrrole nitrogens is 1. The summed E-state index contributed by atoms with van der Waals surface area (Å²) in [7, 11) is 0. The topological polar surface area (TPSA) is 57.9 Å². The van der Waals surface area contributed by atoms with Crippen LogP contribution in [0.1, 0.15) is 36.2 Å². The molecule has 0 spiro atoms. The molecule has 1 aromatic heterocycles. The molecule has 1 aromatic rings. The van der Waals surface area contributed by atoms with Crippen molar-refractivity contribution in [3.63, 3.8) is 0 Å². The molecular weight excluding hydrogens is 212 g/mol. The molecule has 17 heavy (non-hydrogen) atoms. The highest BCUT2D eigenvalue weighted by molar-refractivity contribution is 5.23. The van der Waals surface area contributed by atoms with E-state index >= 15 is 0 Å². The minimum Gasteiger partial charge on any atom is -0.327 e. The molecule has 0 bridgehead atoms. The summed E-state index contributed by atoms with van der Waals surface area (Å²) in [5.41, 5.74) is 9.75. The number of nitrogens with zero attached hydrogens (tertiary/aromatic N) is 2. The van der Waals surface area contributed by atoms with E-state index in [0.717, 1.165) is 25.2 Å². The molecule has 0 radical (unpaired) electrons. The maximum atomic E-state index is 5.98. The van der Waals surface area contributed by atoms with Gasteiger partial charge in [-0.25, -0.2) is 0 Å². The van der Waals surface area contributed by atoms with Gasteiger partial charge in [0.1, 0.15) is 0 Å². The number of hydrogen-bond donors (Lipinski definition) is 2. The van der Waals surface area contributed by atoms with Crippen molar-refractivity contribution in [2.45, 2.75) is 45.6 Å². The van der Waals surface area contributed by atoms with Crippen LogP contribution in [0.5, 0.6) is 0 Å². The van der Waals surface area contributed by atoms with Gasteiger partial charge >= 0.3 is 0 Å². The summed E-state index contributed by atoms with van der Waals surface area (Å²) in [6.07, 6.45) is 4.77. The quantitative estimate of drug-likeness (QED) is 0.830. The minimum absolute atomic E-state index is 0.390. The molecule has 1 fully saturated rings. The van der Waals surface area contributed by atoms with E-state index in [4.69, 9.17) is 5.73 Å². The molecule has 2 heterocycles. The molecule has 96 valence electrons. The molecule has 1 saturated heterocycles. The fourth-order valence-corrected chi connectivity index (χ4v) is 2.72. The van der Waals surface area contributed by atoms with Crippen LogP contribution in [-0.2, 0) is 6.42 Å². The number of aromatic nitrogens is 2. The molecule has 0 saturated carbocycles. The van der Waals surface area contributed by atoms with E-state index in [1.54, 1.807) is 0 Å². The van der Waals surface area contributed by atoms with Gasteiger partial charge < -0.3 is 10.6 Å². The second-order valence-electron chi connectivity index (χ2n) is 5.22. The zero-order valence-corrected chi connectivity index (χ0v) is 11.0. The summed E-state index contributed by atoms with van der Waals surface area (Å²) in [5.74, 6) is 0. The Morgan fingerprint density at radius 2 is 2.29 bits per heavy atom. The Morgan fingerprint density at radius 1 is 1.47 bits per heavy atom. The number of aryl methyl sites for hydroxylation is 2. The van der Waals surface area contributed by atoms with E-state index in [2.05, 4.69) is 28.9 Å². The third kappa shape index (κ3) is 3.30. The molecule has 0 aliphatic carbocycles. The van der Waals surface area contributed by atoms with Crippen molar-refractivity contribution in [2.24, 2.45) is 5.73 Å². The first-order valence-electron chi connectivity index (χ1n) is 6.65. The number of piperidine rings is 1. The molecule has 0 unspecified atom stereocenters. The van der Waals surface area contributed by atoms with Gasteiger partial charge in [-0.2, -0.15) is 5.10 Å². The summed E-state index contributed by atoms with van der Waals surface area (Å²) < 4.78 is 0. The summed E-state index contributed by atoms with van der Waals surface area (Å²) in [4.78, 5) is 2.50. The fourth-order valence-electron chi connectivity index (χ4n) is 2.72. The molecule has 0 amide bonds. The lowest BCUT2D eigenvalue weighted by molar-refractivity contribution is 0.207. The van der Waals surface area contributed by atoms with Gasteiger partial charge in [-0.1, -0.05) is 0 Å². The first-order chi connectivity index (χ1) is 8.16. The van der Waals surface area contributed by atoms with Crippen LogP contribution in [0.15, 0.2) is 0 Å². The second kappa shape index (κ2) is 5.65. The van der Waals surface area contributed by atoms with Crippen molar-refractivity contribution >= 4 is 0 Å². The summed E-state index contributed by atoms with van der Waals surface area (Å²) in [5, 5.41) is 7.28. The Morgan fingerprint density at radius 3 is 2.94 bits per heavy atom. The highest BCUT2D eigenvalue weighted by atomic mass is 15.1. The van der Waals surface area contributed by atoms with Crippen molar-refractivity contribution in [3.8, 4) is 0 Å². The highest BCUT2D eigenvalue weighted by Crippen LogP contribution is 2.13. The summed E-state index contributed by atoms with van der Waals surface area (Å²) >= 11 is 0. The van der Waals surface area contributed by atoms with E-state index in [-0.39, 0.29) is 0 Å². The minimum atomic E-state index is 0.390. The van der Waals surface area contributed by atoms with Crippen LogP contribution < -0.4 is 5.73 Å². The smallest absolute Gasteiger partial charge is 0.0625 e. The Kier molecular flexibility index (Phi) is 4.18. The first-order valence-corrected chi connectivity index (χ1v) is 6.65. The normalized spacial score (nSPS) is 21.9. The SMILES string of the molecule is Cc1n[nH]c(C)c1CCCN1CCC[C@H](N)C1. The standard InChI is InChI=1S/C13H24N4/c1-10-13(11(2)16-15-10)6-4-8-17-7-3-5-12(14)9-17/h12H,3-9,14H2,1-2H3,(H,15,16)/t12-/m0/s1. The molecule has 1 aliphatic rings. The average molecular weight is 236 g/mol. The number of nitrogens with two attached hydrogens (primary N) is 1.